The fourth-order valence-electron chi connectivity index (χ4n) is 1.54. The zero-order valence-electron chi connectivity index (χ0n) is 9.26. The van der Waals surface area contributed by atoms with Crippen molar-refractivity contribution in [1.82, 2.24) is 4.90 Å². The summed E-state index contributed by atoms with van der Waals surface area (Å²) in [5.41, 5.74) is 0.936. The van der Waals surface area contributed by atoms with E-state index in [-0.39, 0.29) is 0 Å². The van der Waals surface area contributed by atoms with Crippen molar-refractivity contribution in [1.29, 1.82) is 0 Å². The van der Waals surface area contributed by atoms with E-state index in [1.54, 1.807) is 6.08 Å². The van der Waals surface area contributed by atoms with E-state index in [9.17, 15) is 4.79 Å². The first kappa shape index (κ1) is 12.7. The van der Waals surface area contributed by atoms with Gasteiger partial charge in [0.05, 0.1) is 6.61 Å². The zero-order chi connectivity index (χ0) is 12.0. The van der Waals surface area contributed by atoms with Crippen LogP contribution in [0.15, 0.2) is 37.0 Å². The highest BCUT2D eigenvalue weighted by molar-refractivity contribution is 5.72. The molecule has 1 rings (SSSR count). The highest BCUT2D eigenvalue weighted by Gasteiger charge is 2.25. The summed E-state index contributed by atoms with van der Waals surface area (Å²) in [4.78, 5) is 12.8. The Labute approximate surface area is 95.5 Å². The molecule has 1 unspecified atom stereocenters. The first-order chi connectivity index (χ1) is 7.63. The topological polar surface area (TPSA) is 49.8 Å². The summed E-state index contributed by atoms with van der Waals surface area (Å²) >= 11 is 0. The molecule has 0 radical (unpaired) electrons. The van der Waals surface area contributed by atoms with E-state index in [0.29, 0.717) is 19.7 Å². The van der Waals surface area contributed by atoms with Crippen LogP contribution in [-0.2, 0) is 9.53 Å². The number of nitrogens with zero attached hydrogens (tertiary/aromatic N) is 1. The van der Waals surface area contributed by atoms with E-state index < -0.39 is 12.1 Å². The van der Waals surface area contributed by atoms with Crippen LogP contribution >= 0.6 is 0 Å². The third-order valence-electron chi connectivity index (χ3n) is 2.32. The van der Waals surface area contributed by atoms with E-state index >= 15 is 0 Å². The molecule has 88 valence electrons. The van der Waals surface area contributed by atoms with Crippen molar-refractivity contribution >= 4 is 5.97 Å². The Kier molecular flexibility index (Phi) is 4.95. The lowest BCUT2D eigenvalue weighted by Gasteiger charge is -2.30. The van der Waals surface area contributed by atoms with Gasteiger partial charge in [0.2, 0.25) is 0 Å². The number of aliphatic carboxylic acids is 1. The summed E-state index contributed by atoms with van der Waals surface area (Å²) in [7, 11) is 0. The molecule has 0 aliphatic carbocycles. The molecule has 0 amide bonds. The van der Waals surface area contributed by atoms with Gasteiger partial charge < -0.3 is 9.84 Å². The van der Waals surface area contributed by atoms with Gasteiger partial charge in [0, 0.05) is 19.6 Å². The van der Waals surface area contributed by atoms with Crippen LogP contribution in [0, 0.1) is 0 Å². The lowest BCUT2D eigenvalue weighted by atomic mass is 10.2. The molecule has 0 aromatic rings. The summed E-state index contributed by atoms with van der Waals surface area (Å²) < 4.78 is 5.13. The molecule has 0 saturated carbocycles. The van der Waals surface area contributed by atoms with Gasteiger partial charge in [0.1, 0.15) is 0 Å². The molecule has 1 N–H and O–H groups in total. The molecular weight excluding hydrogens is 206 g/mol. The van der Waals surface area contributed by atoms with Gasteiger partial charge in [-0.1, -0.05) is 31.4 Å². The Morgan fingerprint density at radius 1 is 1.62 bits per heavy atom. The predicted octanol–water partition coefficient (Wildman–Crippen LogP) is 1.07. The van der Waals surface area contributed by atoms with Crippen molar-refractivity contribution in [2.24, 2.45) is 0 Å². The molecule has 0 spiro atoms. The lowest BCUT2D eigenvalue weighted by Crippen LogP contribution is -2.46. The fraction of sp³-hybridized carbons (Fsp3) is 0.417. The first-order valence-corrected chi connectivity index (χ1v) is 5.17. The third-order valence-corrected chi connectivity index (χ3v) is 2.32. The molecule has 16 heavy (non-hydrogen) atoms. The summed E-state index contributed by atoms with van der Waals surface area (Å²) in [5, 5.41) is 8.83. The Balaban J connectivity index is 2.42. The number of allylic oxidation sites excluding steroid dienone is 2. The number of carbonyl (C=O) groups is 1. The number of hydrogen-bond acceptors (Lipinski definition) is 3. The lowest BCUT2D eigenvalue weighted by molar-refractivity contribution is -0.155. The smallest absolute Gasteiger partial charge is 0.334 e. The predicted molar refractivity (Wildman–Crippen MR) is 62.3 cm³/mol. The van der Waals surface area contributed by atoms with E-state index in [4.69, 9.17) is 9.84 Å². The SMILES string of the molecule is C=C/C=C\C(=C)CN1CCOC(C(=O)O)C1. The van der Waals surface area contributed by atoms with Gasteiger partial charge in [0.25, 0.3) is 0 Å². The average Bonchev–Trinajstić information content (AvgIpc) is 2.26. The maximum absolute atomic E-state index is 10.8. The van der Waals surface area contributed by atoms with E-state index in [1.807, 2.05) is 17.1 Å². The minimum absolute atomic E-state index is 0.413. The molecule has 0 bridgehead atoms. The quantitative estimate of drug-likeness (QED) is 0.708. The first-order valence-electron chi connectivity index (χ1n) is 5.17. The largest absolute Gasteiger partial charge is 0.479 e. The maximum atomic E-state index is 10.8. The van der Waals surface area contributed by atoms with Crippen LogP contribution in [0.2, 0.25) is 0 Å². The van der Waals surface area contributed by atoms with E-state index in [2.05, 4.69) is 13.2 Å². The molecule has 1 atom stereocenters. The van der Waals surface area contributed by atoms with Gasteiger partial charge in [-0.2, -0.15) is 0 Å². The Morgan fingerprint density at radius 2 is 2.38 bits per heavy atom. The molecule has 1 saturated heterocycles. The van der Waals surface area contributed by atoms with Gasteiger partial charge in [-0.3, -0.25) is 4.90 Å². The van der Waals surface area contributed by atoms with Crippen molar-refractivity contribution in [3.63, 3.8) is 0 Å². The number of morpholine rings is 1. The van der Waals surface area contributed by atoms with Crippen LogP contribution < -0.4 is 0 Å². The van der Waals surface area contributed by atoms with Crippen LogP contribution in [0.25, 0.3) is 0 Å². The van der Waals surface area contributed by atoms with Gasteiger partial charge in [-0.05, 0) is 5.57 Å². The molecule has 0 aromatic carbocycles. The highest BCUT2D eigenvalue weighted by atomic mass is 16.5. The summed E-state index contributed by atoms with van der Waals surface area (Å²) in [6.45, 7) is 9.74. The third kappa shape index (κ3) is 4.00. The summed E-state index contributed by atoms with van der Waals surface area (Å²) in [6, 6.07) is 0. The van der Waals surface area contributed by atoms with Crippen molar-refractivity contribution in [2.75, 3.05) is 26.2 Å². The van der Waals surface area contributed by atoms with Crippen molar-refractivity contribution in [3.8, 4) is 0 Å². The Morgan fingerprint density at radius 3 is 3.00 bits per heavy atom. The molecule has 1 heterocycles. The second-order valence-electron chi connectivity index (χ2n) is 3.69. The minimum Gasteiger partial charge on any atom is -0.479 e. The molecule has 4 heteroatoms. The summed E-state index contributed by atoms with van der Waals surface area (Å²) in [5.74, 6) is -0.906. The second-order valence-corrected chi connectivity index (χ2v) is 3.69. The van der Waals surface area contributed by atoms with Gasteiger partial charge in [-0.15, -0.1) is 0 Å². The van der Waals surface area contributed by atoms with E-state index in [1.165, 1.54) is 0 Å². The Hall–Kier alpha value is -1.39. The normalized spacial score (nSPS) is 22.1. The molecule has 1 fully saturated rings. The zero-order valence-corrected chi connectivity index (χ0v) is 9.26. The number of rotatable bonds is 5. The number of carboxylic acid groups (broad SMARTS) is 1. The average molecular weight is 223 g/mol. The second kappa shape index (κ2) is 6.25. The maximum Gasteiger partial charge on any atom is 0.334 e. The Bertz CT molecular complexity index is 309. The number of hydrogen-bond donors (Lipinski definition) is 1. The van der Waals surface area contributed by atoms with Crippen LogP contribution in [0.4, 0.5) is 0 Å². The summed E-state index contributed by atoms with van der Waals surface area (Å²) in [6.07, 6.45) is 4.66. The fourth-order valence-corrected chi connectivity index (χ4v) is 1.54. The van der Waals surface area contributed by atoms with Gasteiger partial charge in [0.15, 0.2) is 6.10 Å². The molecular formula is C12H17NO3. The molecule has 1 aliphatic rings. The van der Waals surface area contributed by atoms with Gasteiger partial charge in [-0.25, -0.2) is 4.79 Å². The van der Waals surface area contributed by atoms with Crippen LogP contribution in [0.1, 0.15) is 0 Å². The van der Waals surface area contributed by atoms with Crippen LogP contribution in [0.3, 0.4) is 0 Å². The van der Waals surface area contributed by atoms with Gasteiger partial charge >= 0.3 is 5.97 Å². The number of carboxylic acids is 1. The molecule has 1 aliphatic heterocycles. The standard InChI is InChI=1S/C12H17NO3/c1-3-4-5-10(2)8-13-6-7-16-11(9-13)12(14)15/h3-5,11H,1-2,6-9H2,(H,14,15)/b5-4-. The van der Waals surface area contributed by atoms with Crippen LogP contribution in [0.5, 0.6) is 0 Å². The number of ether oxygens (including phenoxy) is 1. The van der Waals surface area contributed by atoms with E-state index in [0.717, 1.165) is 12.1 Å². The molecule has 0 aromatic heterocycles. The van der Waals surface area contributed by atoms with Crippen molar-refractivity contribution in [3.05, 3.63) is 37.0 Å². The van der Waals surface area contributed by atoms with Crippen LogP contribution in [-0.4, -0.2) is 48.3 Å². The highest BCUT2D eigenvalue weighted by Crippen LogP contribution is 2.08. The monoisotopic (exact) mass is 223 g/mol. The van der Waals surface area contributed by atoms with Crippen molar-refractivity contribution in [2.45, 2.75) is 6.10 Å². The molecule has 4 nitrogen and oxygen atoms in total. The minimum atomic E-state index is -0.906. The van der Waals surface area contributed by atoms with Crippen molar-refractivity contribution < 1.29 is 14.6 Å².